The lowest BCUT2D eigenvalue weighted by atomic mass is 10.0. The molecule has 0 aliphatic carbocycles. The highest BCUT2D eigenvalue weighted by Gasteiger charge is 2.21. The van der Waals surface area contributed by atoms with Crippen molar-refractivity contribution in [1.29, 1.82) is 0 Å². The summed E-state index contributed by atoms with van der Waals surface area (Å²) in [5, 5.41) is 11.1. The first-order valence-electron chi connectivity index (χ1n) is 11.2. The number of Topliss-reactive ketones (excluding diaryl/α,β-unsaturated/α-hetero) is 1. The number of carbonyl (C=O) groups excluding carboxylic acids is 3. The van der Waals surface area contributed by atoms with Gasteiger partial charge in [-0.1, -0.05) is 80.6 Å². The second-order valence-electron chi connectivity index (χ2n) is 8.51. The molecule has 1 atom stereocenters. The standard InChI is InChI=1S/C27H31N3O3/c1-18(2)28-17-26(32)30-25(15-21-10-13-23-6-4-5-7-24(23)14-21)27(33)29-16-20-8-11-22(12-9-20)19(3)31/h4-14,18,25,28H,15-17H2,1-3H3,(H,29,33)(H,30,32)/t25-/m0/s1. The van der Waals surface area contributed by atoms with Crippen molar-refractivity contribution in [2.75, 3.05) is 6.54 Å². The molecule has 6 heteroatoms. The predicted molar refractivity (Wildman–Crippen MR) is 131 cm³/mol. The van der Waals surface area contributed by atoms with Crippen molar-refractivity contribution in [3.63, 3.8) is 0 Å². The Morgan fingerprint density at radius 1 is 0.848 bits per heavy atom. The topological polar surface area (TPSA) is 87.3 Å². The van der Waals surface area contributed by atoms with Gasteiger partial charge < -0.3 is 16.0 Å². The van der Waals surface area contributed by atoms with Crippen LogP contribution in [0.25, 0.3) is 10.8 Å². The van der Waals surface area contributed by atoms with Crippen LogP contribution in [-0.4, -0.2) is 36.2 Å². The molecule has 6 nitrogen and oxygen atoms in total. The maximum absolute atomic E-state index is 13.0. The summed E-state index contributed by atoms with van der Waals surface area (Å²) in [6, 6.07) is 20.7. The first kappa shape index (κ1) is 24.1. The smallest absolute Gasteiger partial charge is 0.243 e. The molecule has 0 aromatic heterocycles. The lowest BCUT2D eigenvalue weighted by molar-refractivity contribution is -0.128. The zero-order chi connectivity index (χ0) is 23.8. The second kappa shape index (κ2) is 11.4. The third-order valence-corrected chi connectivity index (χ3v) is 5.40. The van der Waals surface area contributed by atoms with E-state index in [0.717, 1.165) is 21.9 Å². The summed E-state index contributed by atoms with van der Waals surface area (Å²) in [5.74, 6) is -0.481. The zero-order valence-electron chi connectivity index (χ0n) is 19.4. The molecule has 0 saturated carbocycles. The fourth-order valence-corrected chi connectivity index (χ4v) is 3.52. The summed E-state index contributed by atoms with van der Waals surface area (Å²) >= 11 is 0. The lowest BCUT2D eigenvalue weighted by Crippen LogP contribution is -2.50. The fourth-order valence-electron chi connectivity index (χ4n) is 3.52. The first-order valence-corrected chi connectivity index (χ1v) is 11.2. The van der Waals surface area contributed by atoms with Crippen molar-refractivity contribution >= 4 is 28.4 Å². The molecule has 3 aromatic carbocycles. The molecule has 172 valence electrons. The van der Waals surface area contributed by atoms with Crippen LogP contribution in [0.2, 0.25) is 0 Å². The van der Waals surface area contributed by atoms with Gasteiger partial charge in [-0.25, -0.2) is 0 Å². The number of nitrogens with one attached hydrogen (secondary N) is 3. The van der Waals surface area contributed by atoms with Crippen LogP contribution in [0.3, 0.4) is 0 Å². The summed E-state index contributed by atoms with van der Waals surface area (Å²) in [7, 11) is 0. The van der Waals surface area contributed by atoms with Gasteiger partial charge in [0.25, 0.3) is 0 Å². The van der Waals surface area contributed by atoms with E-state index < -0.39 is 6.04 Å². The quantitative estimate of drug-likeness (QED) is 0.418. The molecule has 3 N–H and O–H groups in total. The van der Waals surface area contributed by atoms with E-state index in [2.05, 4.69) is 22.0 Å². The largest absolute Gasteiger partial charge is 0.350 e. The minimum Gasteiger partial charge on any atom is -0.350 e. The molecule has 2 amide bonds. The van der Waals surface area contributed by atoms with E-state index in [1.807, 2.05) is 62.4 Å². The van der Waals surface area contributed by atoms with Crippen LogP contribution < -0.4 is 16.0 Å². The van der Waals surface area contributed by atoms with Crippen LogP contribution in [-0.2, 0) is 22.6 Å². The number of hydrogen-bond donors (Lipinski definition) is 3. The molecule has 0 bridgehead atoms. The number of benzene rings is 3. The second-order valence-corrected chi connectivity index (χ2v) is 8.51. The SMILES string of the molecule is CC(=O)c1ccc(CNC(=O)[C@H](Cc2ccc3ccccc3c2)NC(=O)CNC(C)C)cc1. The van der Waals surface area contributed by atoms with Crippen LogP contribution >= 0.6 is 0 Å². The summed E-state index contributed by atoms with van der Waals surface area (Å²) < 4.78 is 0. The van der Waals surface area contributed by atoms with E-state index in [0.29, 0.717) is 18.5 Å². The van der Waals surface area contributed by atoms with Gasteiger partial charge in [-0.3, -0.25) is 14.4 Å². The van der Waals surface area contributed by atoms with E-state index in [1.54, 1.807) is 12.1 Å². The average molecular weight is 446 g/mol. The molecular formula is C27H31N3O3. The van der Waals surface area contributed by atoms with Gasteiger partial charge in [-0.05, 0) is 28.8 Å². The minimum absolute atomic E-state index is 0.00115. The average Bonchev–Trinajstić information content (AvgIpc) is 2.81. The van der Waals surface area contributed by atoms with Gasteiger partial charge in [0.05, 0.1) is 6.54 Å². The Morgan fingerprint density at radius 3 is 2.18 bits per heavy atom. The summed E-state index contributed by atoms with van der Waals surface area (Å²) in [6.45, 7) is 5.90. The lowest BCUT2D eigenvalue weighted by Gasteiger charge is -2.20. The number of amides is 2. The molecule has 3 aromatic rings. The van der Waals surface area contributed by atoms with Crippen molar-refractivity contribution < 1.29 is 14.4 Å². The van der Waals surface area contributed by atoms with E-state index in [1.165, 1.54) is 6.92 Å². The van der Waals surface area contributed by atoms with Crippen LogP contribution in [0.1, 0.15) is 42.3 Å². The summed E-state index contributed by atoms with van der Waals surface area (Å²) in [6.07, 6.45) is 0.382. The molecule has 0 radical (unpaired) electrons. The number of carbonyl (C=O) groups is 3. The normalized spacial score (nSPS) is 11.9. The van der Waals surface area contributed by atoms with Crippen LogP contribution in [0.5, 0.6) is 0 Å². The van der Waals surface area contributed by atoms with Gasteiger partial charge in [-0.15, -0.1) is 0 Å². The molecule has 0 aliphatic rings. The van der Waals surface area contributed by atoms with Crippen LogP contribution in [0.15, 0.2) is 66.7 Å². The predicted octanol–water partition coefficient (Wildman–Crippen LogP) is 3.38. The molecule has 0 spiro atoms. The Morgan fingerprint density at radius 2 is 1.52 bits per heavy atom. The van der Waals surface area contributed by atoms with Crippen molar-refractivity contribution in [3.8, 4) is 0 Å². The number of fused-ring (bicyclic) bond motifs is 1. The highest BCUT2D eigenvalue weighted by atomic mass is 16.2. The Labute approximate surface area is 194 Å². The van der Waals surface area contributed by atoms with E-state index in [4.69, 9.17) is 0 Å². The Balaban J connectivity index is 1.70. The van der Waals surface area contributed by atoms with Crippen molar-refractivity contribution in [2.24, 2.45) is 0 Å². The van der Waals surface area contributed by atoms with Gasteiger partial charge in [0, 0.05) is 24.6 Å². The molecule has 0 unspecified atom stereocenters. The molecule has 0 fully saturated rings. The van der Waals surface area contributed by atoms with Gasteiger partial charge in [0.1, 0.15) is 6.04 Å². The Bertz CT molecular complexity index is 1120. The van der Waals surface area contributed by atoms with Crippen molar-refractivity contribution in [1.82, 2.24) is 16.0 Å². The maximum atomic E-state index is 13.0. The minimum atomic E-state index is -0.705. The van der Waals surface area contributed by atoms with Crippen LogP contribution in [0, 0.1) is 0 Å². The number of rotatable bonds is 10. The highest BCUT2D eigenvalue weighted by Crippen LogP contribution is 2.17. The maximum Gasteiger partial charge on any atom is 0.243 e. The van der Waals surface area contributed by atoms with Gasteiger partial charge in [0.2, 0.25) is 11.8 Å². The molecular weight excluding hydrogens is 414 g/mol. The zero-order valence-corrected chi connectivity index (χ0v) is 19.4. The Kier molecular flexibility index (Phi) is 8.33. The number of ketones is 1. The monoisotopic (exact) mass is 445 g/mol. The van der Waals surface area contributed by atoms with E-state index in [-0.39, 0.29) is 30.2 Å². The molecule has 33 heavy (non-hydrogen) atoms. The van der Waals surface area contributed by atoms with E-state index in [9.17, 15) is 14.4 Å². The van der Waals surface area contributed by atoms with Crippen molar-refractivity contribution in [3.05, 3.63) is 83.4 Å². The van der Waals surface area contributed by atoms with E-state index >= 15 is 0 Å². The number of hydrogen-bond acceptors (Lipinski definition) is 4. The Hall–Kier alpha value is -3.51. The van der Waals surface area contributed by atoms with Crippen LogP contribution in [0.4, 0.5) is 0 Å². The molecule has 0 aliphatic heterocycles. The summed E-state index contributed by atoms with van der Waals surface area (Å²) in [4.78, 5) is 36.9. The van der Waals surface area contributed by atoms with Gasteiger partial charge in [-0.2, -0.15) is 0 Å². The third kappa shape index (κ3) is 7.26. The molecule has 0 heterocycles. The summed E-state index contributed by atoms with van der Waals surface area (Å²) in [5.41, 5.74) is 2.48. The molecule has 0 saturated heterocycles. The first-order chi connectivity index (χ1) is 15.8. The van der Waals surface area contributed by atoms with Crippen molar-refractivity contribution in [2.45, 2.75) is 45.8 Å². The third-order valence-electron chi connectivity index (χ3n) is 5.40. The van der Waals surface area contributed by atoms with Gasteiger partial charge in [0.15, 0.2) is 5.78 Å². The fraction of sp³-hybridized carbons (Fsp3) is 0.296. The molecule has 3 rings (SSSR count). The highest BCUT2D eigenvalue weighted by molar-refractivity contribution is 5.94. The van der Waals surface area contributed by atoms with Gasteiger partial charge >= 0.3 is 0 Å².